The van der Waals surface area contributed by atoms with Crippen LogP contribution in [0.1, 0.15) is 6.92 Å². The normalized spacial score (nSPS) is 81.5. The molecule has 6 heterocycles. The lowest BCUT2D eigenvalue weighted by atomic mass is 9.69. The van der Waals surface area contributed by atoms with Crippen molar-refractivity contribution in [2.24, 2.45) is 0 Å². The second-order valence-electron chi connectivity index (χ2n) is 4.81. The van der Waals surface area contributed by atoms with Crippen LogP contribution in [0.15, 0.2) is 0 Å². The highest BCUT2D eigenvalue weighted by Crippen LogP contribution is 2.69. The van der Waals surface area contributed by atoms with Crippen LogP contribution in [0.3, 0.4) is 0 Å². The molecular formula is C8H10N2O2. The summed E-state index contributed by atoms with van der Waals surface area (Å²) in [7, 11) is 0. The molecule has 4 bridgehead atoms. The van der Waals surface area contributed by atoms with Gasteiger partial charge in [-0.15, -0.1) is 0 Å². The smallest absolute Gasteiger partial charge is 0.175 e. The average Bonchev–Trinajstić information content (AvgIpc) is 2.43. The largest absolute Gasteiger partial charge is 0.368 e. The molecule has 4 nitrogen and oxygen atoms in total. The quantitative estimate of drug-likeness (QED) is 0.478. The van der Waals surface area contributed by atoms with E-state index in [2.05, 4.69) is 9.80 Å². The Bertz CT molecular complexity index is 270. The Hall–Kier alpha value is -0.160. The van der Waals surface area contributed by atoms with Crippen LogP contribution in [0.2, 0.25) is 0 Å². The van der Waals surface area contributed by atoms with E-state index in [0.29, 0.717) is 36.4 Å². The Morgan fingerprint density at radius 2 is 1.50 bits per heavy atom. The van der Waals surface area contributed by atoms with E-state index in [9.17, 15) is 5.11 Å². The number of aliphatic hydroxyl groups is 1. The van der Waals surface area contributed by atoms with Gasteiger partial charge in [-0.25, -0.2) is 9.80 Å². The highest BCUT2D eigenvalue weighted by molar-refractivity contribution is 5.41. The Labute approximate surface area is 69.7 Å². The standard InChI is InChI=1S/C8H10N2O2/c1-8(11)9-2-3-7-5(10(3)8)4(9)6(2)12-7/h2-7,11H,1H3. The number of rotatable bonds is 0. The molecule has 6 rings (SSSR count). The van der Waals surface area contributed by atoms with Gasteiger partial charge in [0.15, 0.2) is 5.85 Å². The second-order valence-corrected chi connectivity index (χ2v) is 4.81. The lowest BCUT2D eigenvalue weighted by Crippen LogP contribution is -2.79. The van der Waals surface area contributed by atoms with Crippen LogP contribution in [0.4, 0.5) is 0 Å². The first kappa shape index (κ1) is 5.54. The molecule has 0 saturated carbocycles. The molecule has 0 amide bonds. The minimum atomic E-state index is -0.637. The zero-order valence-electron chi connectivity index (χ0n) is 6.71. The molecule has 6 aliphatic heterocycles. The SMILES string of the molecule is CC1(O)N2C3C4OC5C3N1C5C42. The number of nitrogens with zero attached hydrogens (tertiary/aromatic N) is 2. The molecule has 1 N–H and O–H groups in total. The van der Waals surface area contributed by atoms with E-state index in [4.69, 9.17) is 4.74 Å². The van der Waals surface area contributed by atoms with Crippen LogP contribution in [0, 0.1) is 0 Å². The predicted molar refractivity (Wildman–Crippen MR) is 38.1 cm³/mol. The molecule has 0 spiro atoms. The first-order valence-electron chi connectivity index (χ1n) is 4.68. The lowest BCUT2D eigenvalue weighted by molar-refractivity contribution is -0.207. The topological polar surface area (TPSA) is 35.9 Å². The Morgan fingerprint density at radius 1 is 1.08 bits per heavy atom. The van der Waals surface area contributed by atoms with Gasteiger partial charge < -0.3 is 9.84 Å². The molecule has 0 aromatic heterocycles. The molecule has 64 valence electrons. The molecule has 0 aromatic rings. The molecule has 6 aliphatic rings. The van der Waals surface area contributed by atoms with E-state index in [1.54, 1.807) is 0 Å². The van der Waals surface area contributed by atoms with Crippen LogP contribution in [0.25, 0.3) is 0 Å². The summed E-state index contributed by atoms with van der Waals surface area (Å²) >= 11 is 0. The first-order valence-corrected chi connectivity index (χ1v) is 4.68. The zero-order valence-corrected chi connectivity index (χ0v) is 6.71. The lowest BCUT2D eigenvalue weighted by Gasteiger charge is -2.56. The average molecular weight is 166 g/mol. The monoisotopic (exact) mass is 166 g/mol. The van der Waals surface area contributed by atoms with E-state index in [1.165, 1.54) is 0 Å². The number of ether oxygens (including phenoxy) is 1. The summed E-state index contributed by atoms with van der Waals surface area (Å²) in [5.74, 6) is -0.637. The minimum absolute atomic E-state index is 0.468. The van der Waals surface area contributed by atoms with Crippen molar-refractivity contribution in [1.29, 1.82) is 0 Å². The second kappa shape index (κ2) is 1.10. The van der Waals surface area contributed by atoms with Gasteiger partial charge in [0.2, 0.25) is 0 Å². The summed E-state index contributed by atoms with van der Waals surface area (Å²) in [6.45, 7) is 1.92. The number of piperazine rings is 1. The fourth-order valence-electron chi connectivity index (χ4n) is 4.43. The number of hydrogen-bond donors (Lipinski definition) is 1. The molecule has 0 radical (unpaired) electrons. The fourth-order valence-corrected chi connectivity index (χ4v) is 4.43. The van der Waals surface area contributed by atoms with Gasteiger partial charge in [-0.1, -0.05) is 0 Å². The summed E-state index contributed by atoms with van der Waals surface area (Å²) in [5.41, 5.74) is 0. The molecule has 0 aliphatic carbocycles. The van der Waals surface area contributed by atoms with Gasteiger partial charge in [-0.2, -0.15) is 0 Å². The molecule has 4 atom stereocenters. The van der Waals surface area contributed by atoms with E-state index in [0.717, 1.165) is 0 Å². The van der Waals surface area contributed by atoms with Crippen molar-refractivity contribution in [1.82, 2.24) is 9.80 Å². The third-order valence-corrected chi connectivity index (χ3v) is 4.62. The fraction of sp³-hybridized carbons (Fsp3) is 1.00. The molecule has 4 heteroatoms. The maximum Gasteiger partial charge on any atom is 0.175 e. The third-order valence-electron chi connectivity index (χ3n) is 4.62. The zero-order chi connectivity index (χ0) is 7.83. The van der Waals surface area contributed by atoms with Gasteiger partial charge >= 0.3 is 0 Å². The van der Waals surface area contributed by atoms with E-state index in [-0.39, 0.29) is 0 Å². The van der Waals surface area contributed by atoms with Gasteiger partial charge in [-0.3, -0.25) is 0 Å². The Balaban J connectivity index is 1.84. The van der Waals surface area contributed by atoms with Crippen molar-refractivity contribution < 1.29 is 9.84 Å². The van der Waals surface area contributed by atoms with Crippen molar-refractivity contribution in [2.75, 3.05) is 0 Å². The van der Waals surface area contributed by atoms with Gasteiger partial charge in [0, 0.05) is 0 Å². The molecule has 4 unspecified atom stereocenters. The van der Waals surface area contributed by atoms with E-state index >= 15 is 0 Å². The van der Waals surface area contributed by atoms with Gasteiger partial charge in [-0.05, 0) is 6.92 Å². The van der Waals surface area contributed by atoms with Crippen molar-refractivity contribution in [3.63, 3.8) is 0 Å². The minimum Gasteiger partial charge on any atom is -0.368 e. The summed E-state index contributed by atoms with van der Waals surface area (Å²) in [5, 5.41) is 10.1. The highest BCUT2D eigenvalue weighted by atomic mass is 16.5. The van der Waals surface area contributed by atoms with Crippen LogP contribution in [-0.4, -0.2) is 57.1 Å². The van der Waals surface area contributed by atoms with Crippen LogP contribution in [-0.2, 0) is 4.74 Å². The Kier molecular flexibility index (Phi) is 0.510. The van der Waals surface area contributed by atoms with E-state index < -0.39 is 5.85 Å². The maximum atomic E-state index is 10.1. The van der Waals surface area contributed by atoms with Crippen molar-refractivity contribution >= 4 is 0 Å². The van der Waals surface area contributed by atoms with Gasteiger partial charge in [0.05, 0.1) is 36.4 Å². The molecule has 6 saturated heterocycles. The highest BCUT2D eigenvalue weighted by Gasteiger charge is 2.90. The molecule has 6 fully saturated rings. The predicted octanol–water partition coefficient (Wildman–Crippen LogP) is -1.45. The maximum absolute atomic E-state index is 10.1. The first-order chi connectivity index (χ1) is 5.73. The van der Waals surface area contributed by atoms with Crippen LogP contribution >= 0.6 is 0 Å². The molecular weight excluding hydrogens is 156 g/mol. The molecule has 12 heavy (non-hydrogen) atoms. The summed E-state index contributed by atoms with van der Waals surface area (Å²) in [6, 6.07) is 2.11. The Morgan fingerprint density at radius 3 is 1.92 bits per heavy atom. The molecule has 0 aromatic carbocycles. The summed E-state index contributed by atoms with van der Waals surface area (Å²) in [6.07, 6.45) is 0.936. The summed E-state index contributed by atoms with van der Waals surface area (Å²) < 4.78 is 5.80. The van der Waals surface area contributed by atoms with Crippen molar-refractivity contribution in [3.05, 3.63) is 0 Å². The number of hydrogen-bond acceptors (Lipinski definition) is 4. The van der Waals surface area contributed by atoms with Crippen molar-refractivity contribution in [2.45, 2.75) is 49.1 Å². The van der Waals surface area contributed by atoms with Crippen LogP contribution in [0.5, 0.6) is 0 Å². The summed E-state index contributed by atoms with van der Waals surface area (Å²) in [4.78, 5) is 4.49. The number of piperidine rings is 2. The van der Waals surface area contributed by atoms with Crippen LogP contribution < -0.4 is 0 Å². The van der Waals surface area contributed by atoms with Gasteiger partial charge in [0.1, 0.15) is 0 Å². The van der Waals surface area contributed by atoms with E-state index in [1.807, 2.05) is 6.92 Å². The van der Waals surface area contributed by atoms with Crippen molar-refractivity contribution in [3.8, 4) is 0 Å². The van der Waals surface area contributed by atoms with Gasteiger partial charge in [0.25, 0.3) is 0 Å². The third kappa shape index (κ3) is 0.247.